The molecule has 1 heterocycles. The summed E-state index contributed by atoms with van der Waals surface area (Å²) in [5, 5.41) is 14.6. The van der Waals surface area contributed by atoms with E-state index in [1.54, 1.807) is 91.0 Å². The first-order chi connectivity index (χ1) is 28.1. The lowest BCUT2D eigenvalue weighted by atomic mass is 9.47. The lowest BCUT2D eigenvalue weighted by Crippen LogP contribution is -2.75. The molecule has 3 aromatic rings. The summed E-state index contributed by atoms with van der Waals surface area (Å²) < 4.78 is 31.6. The monoisotopic (exact) mass is 807 g/mol. The predicted octanol–water partition coefficient (Wildman–Crippen LogP) is 6.47. The Labute approximate surface area is 344 Å². The Kier molecular flexibility index (Phi) is 11.6. The Morgan fingerprint density at radius 2 is 1.41 bits per heavy atom. The largest absolute Gasteiger partial charge is 0.458 e. The van der Waals surface area contributed by atoms with Crippen molar-refractivity contribution in [1.82, 2.24) is 5.32 Å². The van der Waals surface area contributed by atoms with Crippen molar-refractivity contribution in [1.29, 1.82) is 0 Å². The van der Waals surface area contributed by atoms with E-state index in [2.05, 4.69) is 12.2 Å². The zero-order valence-electron chi connectivity index (χ0n) is 34.3. The van der Waals surface area contributed by atoms with E-state index in [0.717, 1.165) is 5.57 Å². The third-order valence-electron chi connectivity index (χ3n) is 13.2. The third-order valence-corrected chi connectivity index (χ3v) is 13.2. The Morgan fingerprint density at radius 3 is 1.98 bits per heavy atom. The molecule has 59 heavy (non-hydrogen) atoms. The Bertz CT molecular complexity index is 2100. The van der Waals surface area contributed by atoms with E-state index in [4.69, 9.17) is 23.7 Å². The fourth-order valence-electron chi connectivity index (χ4n) is 10.6. The molecule has 2 saturated carbocycles. The average Bonchev–Trinajstić information content (AvgIpc) is 3.19. The van der Waals surface area contributed by atoms with Crippen molar-refractivity contribution >= 4 is 29.8 Å². The molecule has 1 aliphatic heterocycles. The van der Waals surface area contributed by atoms with Crippen LogP contribution in [-0.4, -0.2) is 77.6 Å². The highest BCUT2D eigenvalue weighted by Crippen LogP contribution is 2.64. The van der Waals surface area contributed by atoms with Gasteiger partial charge in [0.15, 0.2) is 11.7 Å². The molecule has 312 valence electrons. The summed E-state index contributed by atoms with van der Waals surface area (Å²) in [6.07, 6.45) is -3.37. The Hall–Kier alpha value is -5.33. The molecule has 12 heteroatoms. The van der Waals surface area contributed by atoms with Gasteiger partial charge in [-0.1, -0.05) is 87.5 Å². The highest BCUT2D eigenvalue weighted by molar-refractivity contribution is 5.95. The van der Waals surface area contributed by atoms with Crippen LogP contribution in [0.4, 0.5) is 0 Å². The van der Waals surface area contributed by atoms with Crippen molar-refractivity contribution in [3.63, 3.8) is 0 Å². The number of aliphatic hydroxyl groups is 1. The van der Waals surface area contributed by atoms with Crippen molar-refractivity contribution in [2.24, 2.45) is 22.7 Å². The SMILES string of the molecule is CC(=O)O[C@H]1C[C@]2(C)CC[C@H]3OC[C@@]3(OC(C)=O)[C@H]2[C@H](OC(=O)c2ccccc2)[C@@H]2C[C@H](OC(=O)[C@H](O)[C@@H](NC(=O)c3ccccc3)c3ccccc3)C(C)=C1C2(C)C. The van der Waals surface area contributed by atoms with Crippen LogP contribution in [0.15, 0.2) is 102 Å². The van der Waals surface area contributed by atoms with Crippen LogP contribution in [-0.2, 0) is 38.1 Å². The van der Waals surface area contributed by atoms with E-state index in [1.807, 2.05) is 20.8 Å². The van der Waals surface area contributed by atoms with Crippen molar-refractivity contribution in [3.05, 3.63) is 119 Å². The number of carbonyl (C=O) groups is 5. The first-order valence-electron chi connectivity index (χ1n) is 20.3. The maximum absolute atomic E-state index is 14.3. The molecule has 3 aromatic carbocycles. The minimum atomic E-state index is -1.83. The molecule has 10 atom stereocenters. The Morgan fingerprint density at radius 1 is 0.797 bits per heavy atom. The van der Waals surface area contributed by atoms with Crippen LogP contribution < -0.4 is 5.32 Å². The van der Waals surface area contributed by atoms with Gasteiger partial charge >= 0.3 is 23.9 Å². The maximum Gasteiger partial charge on any atom is 0.338 e. The van der Waals surface area contributed by atoms with Crippen LogP contribution >= 0.6 is 0 Å². The number of esters is 4. The summed E-state index contributed by atoms with van der Waals surface area (Å²) in [5.74, 6) is -4.27. The number of aliphatic hydroxyl groups excluding tert-OH is 1. The third kappa shape index (κ3) is 7.92. The quantitative estimate of drug-likeness (QED) is 0.131. The van der Waals surface area contributed by atoms with Gasteiger partial charge in [0.1, 0.15) is 24.4 Å². The first kappa shape index (κ1) is 41.8. The van der Waals surface area contributed by atoms with E-state index in [0.29, 0.717) is 41.5 Å². The maximum atomic E-state index is 14.3. The van der Waals surface area contributed by atoms with Gasteiger partial charge in [-0.05, 0) is 84.4 Å². The molecule has 7 rings (SSSR count). The van der Waals surface area contributed by atoms with Crippen LogP contribution in [0.3, 0.4) is 0 Å². The molecule has 2 N–H and O–H groups in total. The smallest absolute Gasteiger partial charge is 0.338 e. The number of hydrogen-bond donors (Lipinski definition) is 2. The van der Waals surface area contributed by atoms with Crippen molar-refractivity contribution < 1.29 is 52.8 Å². The standard InChI is InChI=1S/C47H53NO11/c1-27-34(57-44(54)39(51)38(30-16-10-7-11-17-30)48-42(52)31-18-12-8-13-19-31)24-33-40(58-43(53)32-20-14-9-15-21-32)41-46(6,23-22-36-47(41,26-55-36)59-29(3)50)25-35(56-28(2)49)37(27)45(33,4)5/h7-21,33-36,38-41,51H,22-26H2,1-6H3,(H,48,52)/t33-,34-,35-,36+,38-,39+,40+,41-,46-,47-/m0/s1. The summed E-state index contributed by atoms with van der Waals surface area (Å²) in [7, 11) is 0. The second-order valence-electron chi connectivity index (χ2n) is 17.3. The topological polar surface area (TPSA) is 164 Å². The van der Waals surface area contributed by atoms with Crippen molar-refractivity contribution in [2.45, 2.75) is 109 Å². The van der Waals surface area contributed by atoms with E-state index >= 15 is 0 Å². The molecule has 3 aliphatic carbocycles. The fraction of sp³-hybridized carbons (Fsp3) is 0.468. The number of nitrogens with one attached hydrogen (secondary N) is 1. The van der Waals surface area contributed by atoms with Gasteiger partial charge in [0, 0.05) is 31.2 Å². The summed E-state index contributed by atoms with van der Waals surface area (Å²) in [6, 6.07) is 24.6. The number of amides is 1. The van der Waals surface area contributed by atoms with E-state index in [9.17, 15) is 29.1 Å². The number of carbonyl (C=O) groups excluding carboxylic acids is 5. The zero-order valence-corrected chi connectivity index (χ0v) is 34.3. The normalized spacial score (nSPS) is 30.3. The van der Waals surface area contributed by atoms with Crippen molar-refractivity contribution in [2.75, 3.05) is 6.61 Å². The van der Waals surface area contributed by atoms with Crippen LogP contribution in [0.25, 0.3) is 0 Å². The number of fused-ring (bicyclic) bond motifs is 5. The van der Waals surface area contributed by atoms with Gasteiger partial charge in [0.2, 0.25) is 0 Å². The summed E-state index contributed by atoms with van der Waals surface area (Å²) in [6.45, 7) is 10.7. The minimum absolute atomic E-state index is 0.0875. The molecule has 0 radical (unpaired) electrons. The van der Waals surface area contributed by atoms with Crippen LogP contribution in [0.5, 0.6) is 0 Å². The van der Waals surface area contributed by atoms with Gasteiger partial charge < -0.3 is 34.1 Å². The lowest BCUT2D eigenvalue weighted by molar-refractivity contribution is -0.326. The number of rotatable bonds is 10. The second-order valence-corrected chi connectivity index (χ2v) is 17.3. The first-order valence-corrected chi connectivity index (χ1v) is 20.3. The molecule has 0 aromatic heterocycles. The molecule has 1 amide bonds. The highest BCUT2D eigenvalue weighted by Gasteiger charge is 2.71. The van der Waals surface area contributed by atoms with E-state index in [1.165, 1.54) is 13.8 Å². The van der Waals surface area contributed by atoms with E-state index < -0.39 is 94.6 Å². The van der Waals surface area contributed by atoms with E-state index in [-0.39, 0.29) is 13.0 Å². The van der Waals surface area contributed by atoms with Gasteiger partial charge in [0.05, 0.1) is 18.2 Å². The van der Waals surface area contributed by atoms with Crippen LogP contribution in [0.1, 0.15) is 99.5 Å². The van der Waals surface area contributed by atoms with Gasteiger partial charge in [-0.2, -0.15) is 0 Å². The lowest BCUT2D eigenvalue weighted by Gasteiger charge is -2.65. The fourth-order valence-corrected chi connectivity index (χ4v) is 10.6. The molecule has 0 spiro atoms. The number of ether oxygens (including phenoxy) is 5. The molecule has 12 nitrogen and oxygen atoms in total. The molecule has 4 aliphatic rings. The van der Waals surface area contributed by atoms with Gasteiger partial charge in [-0.25, -0.2) is 9.59 Å². The molecule has 1 saturated heterocycles. The van der Waals surface area contributed by atoms with Gasteiger partial charge in [-0.3, -0.25) is 14.4 Å². The Balaban J connectivity index is 1.32. The highest BCUT2D eigenvalue weighted by atomic mass is 16.6. The van der Waals surface area contributed by atoms with Gasteiger partial charge in [-0.15, -0.1) is 0 Å². The van der Waals surface area contributed by atoms with Gasteiger partial charge in [0.25, 0.3) is 5.91 Å². The molecular weight excluding hydrogens is 755 g/mol. The molecule has 3 fully saturated rings. The molecule has 0 unspecified atom stereocenters. The van der Waals surface area contributed by atoms with Crippen molar-refractivity contribution in [3.8, 4) is 0 Å². The predicted molar refractivity (Wildman–Crippen MR) is 214 cm³/mol. The minimum Gasteiger partial charge on any atom is -0.458 e. The number of hydrogen-bond acceptors (Lipinski definition) is 11. The summed E-state index contributed by atoms with van der Waals surface area (Å²) >= 11 is 0. The zero-order chi connectivity index (χ0) is 42.3. The average molecular weight is 808 g/mol. The number of benzene rings is 3. The second kappa shape index (κ2) is 16.4. The summed E-state index contributed by atoms with van der Waals surface area (Å²) in [4.78, 5) is 67.8. The molecular formula is C47H53NO11. The molecule has 2 bridgehead atoms. The van der Waals surface area contributed by atoms with Crippen LogP contribution in [0, 0.1) is 22.7 Å². The summed E-state index contributed by atoms with van der Waals surface area (Å²) in [5.41, 5.74) is -0.153. The van der Waals surface area contributed by atoms with Crippen LogP contribution in [0.2, 0.25) is 0 Å².